The summed E-state index contributed by atoms with van der Waals surface area (Å²) in [7, 11) is 0. The lowest BCUT2D eigenvalue weighted by Gasteiger charge is -2.15. The summed E-state index contributed by atoms with van der Waals surface area (Å²) in [5.74, 6) is 0.680. The largest absolute Gasteiger partial charge is 0.486 e. The third-order valence-corrected chi connectivity index (χ3v) is 2.81. The van der Waals surface area contributed by atoms with Gasteiger partial charge in [0.1, 0.15) is 12.4 Å². The molecule has 1 aromatic carbocycles. The van der Waals surface area contributed by atoms with Crippen LogP contribution in [-0.2, 0) is 4.79 Å². The fraction of sp³-hybridized carbons (Fsp3) is 0.385. The Labute approximate surface area is 100 Å². The van der Waals surface area contributed by atoms with Crippen LogP contribution in [0.5, 0.6) is 5.75 Å². The summed E-state index contributed by atoms with van der Waals surface area (Å²) in [6, 6.07) is 6.90. The average molecular weight is 233 g/mol. The maximum Gasteiger partial charge on any atom is 0.253 e. The zero-order valence-electron chi connectivity index (χ0n) is 9.59. The molecule has 1 amide bonds. The molecular weight excluding hydrogens is 218 g/mol. The van der Waals surface area contributed by atoms with Crippen molar-refractivity contribution in [3.63, 3.8) is 0 Å². The standard InChI is InChI=1S/C13H15NO3/c15-9-10-17-12-5-3-11(4-6-12)13(16)14-7-1-2-8-14/h3-6,9H,1-2,7-8,10H2. The number of rotatable bonds is 4. The number of likely N-dealkylation sites (tertiary alicyclic amines) is 1. The van der Waals surface area contributed by atoms with Crippen molar-refractivity contribution in [1.29, 1.82) is 0 Å². The predicted octanol–water partition coefficient (Wildman–Crippen LogP) is 1.50. The van der Waals surface area contributed by atoms with Crippen molar-refractivity contribution in [2.24, 2.45) is 0 Å². The molecule has 17 heavy (non-hydrogen) atoms. The molecule has 4 heteroatoms. The first-order valence-corrected chi connectivity index (χ1v) is 5.77. The molecule has 0 bridgehead atoms. The van der Waals surface area contributed by atoms with E-state index in [-0.39, 0.29) is 12.5 Å². The van der Waals surface area contributed by atoms with Crippen LogP contribution in [0, 0.1) is 0 Å². The van der Waals surface area contributed by atoms with Crippen LogP contribution < -0.4 is 4.74 Å². The first kappa shape index (κ1) is 11.6. The molecule has 0 saturated carbocycles. The molecule has 90 valence electrons. The van der Waals surface area contributed by atoms with Gasteiger partial charge in [-0.25, -0.2) is 0 Å². The second kappa shape index (κ2) is 5.48. The molecular formula is C13H15NO3. The van der Waals surface area contributed by atoms with E-state index < -0.39 is 0 Å². The summed E-state index contributed by atoms with van der Waals surface area (Å²) in [5, 5.41) is 0. The highest BCUT2D eigenvalue weighted by Crippen LogP contribution is 2.16. The molecule has 4 nitrogen and oxygen atoms in total. The Morgan fingerprint density at radius 1 is 1.24 bits per heavy atom. The van der Waals surface area contributed by atoms with E-state index >= 15 is 0 Å². The summed E-state index contributed by atoms with van der Waals surface area (Å²) in [4.78, 5) is 24.0. The van der Waals surface area contributed by atoms with Crippen LogP contribution in [0.1, 0.15) is 23.2 Å². The minimum atomic E-state index is 0.0411. The number of amides is 1. The van der Waals surface area contributed by atoms with E-state index in [1.54, 1.807) is 24.3 Å². The number of aldehydes is 1. The number of hydrogen-bond donors (Lipinski definition) is 0. The quantitative estimate of drug-likeness (QED) is 0.740. The molecule has 0 unspecified atom stereocenters. The van der Waals surface area contributed by atoms with Gasteiger partial charge in [-0.2, -0.15) is 0 Å². The molecule has 0 spiro atoms. The molecule has 1 aliphatic heterocycles. The van der Waals surface area contributed by atoms with Gasteiger partial charge in [-0.3, -0.25) is 9.59 Å². The third-order valence-electron chi connectivity index (χ3n) is 2.81. The van der Waals surface area contributed by atoms with Gasteiger partial charge in [-0.05, 0) is 37.1 Å². The molecule has 0 radical (unpaired) electrons. The number of benzene rings is 1. The Hall–Kier alpha value is -1.84. The molecule has 1 fully saturated rings. The number of carbonyl (C=O) groups is 2. The lowest BCUT2D eigenvalue weighted by molar-refractivity contribution is -0.109. The number of ether oxygens (including phenoxy) is 1. The number of nitrogens with zero attached hydrogens (tertiary/aromatic N) is 1. The van der Waals surface area contributed by atoms with Crippen molar-refractivity contribution in [3.05, 3.63) is 29.8 Å². The van der Waals surface area contributed by atoms with Crippen molar-refractivity contribution in [2.45, 2.75) is 12.8 Å². The second-order valence-corrected chi connectivity index (χ2v) is 4.00. The molecule has 0 aliphatic carbocycles. The highest BCUT2D eigenvalue weighted by atomic mass is 16.5. The van der Waals surface area contributed by atoms with Crippen LogP contribution in [0.2, 0.25) is 0 Å². The number of carbonyl (C=O) groups excluding carboxylic acids is 2. The maximum absolute atomic E-state index is 12.0. The van der Waals surface area contributed by atoms with Gasteiger partial charge in [0.15, 0.2) is 6.29 Å². The lowest BCUT2D eigenvalue weighted by Crippen LogP contribution is -2.27. The van der Waals surface area contributed by atoms with Gasteiger partial charge in [0.25, 0.3) is 5.91 Å². The van der Waals surface area contributed by atoms with Gasteiger partial charge < -0.3 is 9.64 Å². The fourth-order valence-electron chi connectivity index (χ4n) is 1.93. The Bertz CT molecular complexity index is 394. The Balaban J connectivity index is 2.01. The molecule has 1 aliphatic rings. The van der Waals surface area contributed by atoms with Gasteiger partial charge in [-0.15, -0.1) is 0 Å². The predicted molar refractivity (Wildman–Crippen MR) is 63.1 cm³/mol. The van der Waals surface area contributed by atoms with Crippen molar-refractivity contribution in [2.75, 3.05) is 19.7 Å². The van der Waals surface area contributed by atoms with Crippen LogP contribution in [-0.4, -0.2) is 36.8 Å². The molecule has 0 atom stereocenters. The summed E-state index contributed by atoms with van der Waals surface area (Å²) in [5.41, 5.74) is 0.672. The van der Waals surface area contributed by atoms with Crippen molar-refractivity contribution in [3.8, 4) is 5.75 Å². The minimum absolute atomic E-state index is 0.0411. The zero-order valence-corrected chi connectivity index (χ0v) is 9.59. The van der Waals surface area contributed by atoms with E-state index in [1.807, 2.05) is 4.90 Å². The van der Waals surface area contributed by atoms with Crippen molar-refractivity contribution < 1.29 is 14.3 Å². The third kappa shape index (κ3) is 2.84. The molecule has 0 N–H and O–H groups in total. The molecule has 0 aromatic heterocycles. The fourth-order valence-corrected chi connectivity index (χ4v) is 1.93. The summed E-state index contributed by atoms with van der Waals surface area (Å²) >= 11 is 0. The van der Waals surface area contributed by atoms with Crippen molar-refractivity contribution in [1.82, 2.24) is 4.90 Å². The van der Waals surface area contributed by atoms with Gasteiger partial charge >= 0.3 is 0 Å². The first-order chi connectivity index (χ1) is 8.31. The van der Waals surface area contributed by atoms with E-state index in [2.05, 4.69) is 0 Å². The molecule has 2 rings (SSSR count). The maximum atomic E-state index is 12.0. The van der Waals surface area contributed by atoms with E-state index in [0.29, 0.717) is 17.6 Å². The highest BCUT2D eigenvalue weighted by molar-refractivity contribution is 5.94. The summed E-state index contributed by atoms with van der Waals surface area (Å²) in [6.45, 7) is 1.74. The summed E-state index contributed by atoms with van der Waals surface area (Å²) in [6.07, 6.45) is 2.88. The molecule has 1 saturated heterocycles. The van der Waals surface area contributed by atoms with Crippen LogP contribution in [0.15, 0.2) is 24.3 Å². The minimum Gasteiger partial charge on any atom is -0.486 e. The van der Waals surface area contributed by atoms with Gasteiger partial charge in [-0.1, -0.05) is 0 Å². The highest BCUT2D eigenvalue weighted by Gasteiger charge is 2.19. The average Bonchev–Trinajstić information content (AvgIpc) is 2.90. The van der Waals surface area contributed by atoms with E-state index in [0.717, 1.165) is 25.9 Å². The normalized spacial score (nSPS) is 14.7. The topological polar surface area (TPSA) is 46.6 Å². The monoisotopic (exact) mass is 233 g/mol. The van der Waals surface area contributed by atoms with E-state index in [1.165, 1.54) is 0 Å². The van der Waals surface area contributed by atoms with E-state index in [4.69, 9.17) is 4.74 Å². The summed E-state index contributed by atoms with van der Waals surface area (Å²) < 4.78 is 5.12. The second-order valence-electron chi connectivity index (χ2n) is 4.00. The van der Waals surface area contributed by atoms with Gasteiger partial charge in [0.2, 0.25) is 0 Å². The first-order valence-electron chi connectivity index (χ1n) is 5.77. The van der Waals surface area contributed by atoms with Crippen LogP contribution in [0.25, 0.3) is 0 Å². The van der Waals surface area contributed by atoms with Gasteiger partial charge in [0, 0.05) is 18.7 Å². The SMILES string of the molecule is O=CCOc1ccc(C(=O)N2CCCC2)cc1. The molecule has 1 aromatic rings. The van der Waals surface area contributed by atoms with Crippen LogP contribution in [0.3, 0.4) is 0 Å². The Kier molecular flexibility index (Phi) is 3.75. The van der Waals surface area contributed by atoms with Crippen LogP contribution >= 0.6 is 0 Å². The number of hydrogen-bond acceptors (Lipinski definition) is 3. The van der Waals surface area contributed by atoms with Crippen molar-refractivity contribution >= 4 is 12.2 Å². The molecule has 1 heterocycles. The van der Waals surface area contributed by atoms with E-state index in [9.17, 15) is 9.59 Å². The zero-order chi connectivity index (χ0) is 12.1. The lowest BCUT2D eigenvalue weighted by atomic mass is 10.2. The van der Waals surface area contributed by atoms with Crippen LogP contribution in [0.4, 0.5) is 0 Å². The van der Waals surface area contributed by atoms with Gasteiger partial charge in [0.05, 0.1) is 0 Å². The smallest absolute Gasteiger partial charge is 0.253 e. The Morgan fingerprint density at radius 3 is 2.47 bits per heavy atom. The Morgan fingerprint density at radius 2 is 1.88 bits per heavy atom.